The molecule has 0 bridgehead atoms. The normalized spacial score (nSPS) is 23.7. The highest BCUT2D eigenvalue weighted by Crippen LogP contribution is 2.43. The molecule has 2 aromatic heterocycles. The summed E-state index contributed by atoms with van der Waals surface area (Å²) in [6.45, 7) is 0.879. The van der Waals surface area contributed by atoms with E-state index in [-0.39, 0.29) is 22.8 Å². The zero-order valence-electron chi connectivity index (χ0n) is 17.0. The third-order valence-electron chi connectivity index (χ3n) is 6.71. The van der Waals surface area contributed by atoms with Crippen molar-refractivity contribution in [3.8, 4) is 6.07 Å². The first-order chi connectivity index (χ1) is 14.9. The molecule has 0 spiro atoms. The number of aromatic amines is 1. The highest BCUT2D eigenvalue weighted by molar-refractivity contribution is 7.89. The largest absolute Gasteiger partial charge is 0.370 e. The number of aromatic nitrogens is 2. The highest BCUT2D eigenvalue weighted by atomic mass is 32.2. The maximum Gasteiger partial charge on any atom is 0.243 e. The second-order valence-corrected chi connectivity index (χ2v) is 10.3. The molecule has 7 nitrogen and oxygen atoms in total. The summed E-state index contributed by atoms with van der Waals surface area (Å²) in [7, 11) is -1.71. The van der Waals surface area contributed by atoms with Gasteiger partial charge in [-0.1, -0.05) is 6.07 Å². The van der Waals surface area contributed by atoms with E-state index in [2.05, 4.69) is 20.9 Å². The van der Waals surface area contributed by atoms with Gasteiger partial charge in [-0.15, -0.1) is 0 Å². The van der Waals surface area contributed by atoms with Crippen LogP contribution in [-0.2, 0) is 10.0 Å². The summed E-state index contributed by atoms with van der Waals surface area (Å²) in [4.78, 5) is 9.56. The van der Waals surface area contributed by atoms with Crippen LogP contribution >= 0.6 is 0 Å². The number of hydrogen-bond donors (Lipinski definition) is 1. The van der Waals surface area contributed by atoms with Crippen LogP contribution in [0.25, 0.3) is 11.0 Å². The number of nitrogens with zero attached hydrogens (tertiary/aromatic N) is 4. The van der Waals surface area contributed by atoms with Gasteiger partial charge in [-0.3, -0.25) is 0 Å². The van der Waals surface area contributed by atoms with Crippen LogP contribution in [0.4, 0.5) is 10.1 Å². The molecule has 9 heteroatoms. The summed E-state index contributed by atoms with van der Waals surface area (Å²) in [5, 5.41) is 10.5. The lowest BCUT2D eigenvalue weighted by Crippen LogP contribution is -2.34. The fourth-order valence-corrected chi connectivity index (χ4v) is 6.74. The average molecular weight is 440 g/mol. The second-order valence-electron chi connectivity index (χ2n) is 8.41. The maximum absolute atomic E-state index is 13.5. The van der Waals surface area contributed by atoms with Gasteiger partial charge in [0.2, 0.25) is 10.0 Å². The summed E-state index contributed by atoms with van der Waals surface area (Å²) in [5.41, 5.74) is 2.14. The van der Waals surface area contributed by atoms with Crippen LogP contribution in [0, 0.1) is 29.0 Å². The standard InChI is InChI=1S/C22H22FN5O2S/c1-27(21-16(10-24)11-26-22-20(21)5-6-25-22)18-7-14-12-28(13-15(14)8-18)31(29,30)19-4-2-3-17(23)9-19/h2-6,9,11,14-15,18H,7-8,12-13H2,1H3,(H,25,26)/t14-,15+,18-. The molecule has 1 aliphatic carbocycles. The van der Waals surface area contributed by atoms with Crippen molar-refractivity contribution in [2.24, 2.45) is 11.8 Å². The summed E-state index contributed by atoms with van der Waals surface area (Å²) in [5.74, 6) is -0.0707. The van der Waals surface area contributed by atoms with Gasteiger partial charge in [0.15, 0.2) is 0 Å². The van der Waals surface area contributed by atoms with E-state index >= 15 is 0 Å². The van der Waals surface area contributed by atoms with Crippen molar-refractivity contribution in [3.05, 3.63) is 54.1 Å². The molecule has 3 atom stereocenters. The number of sulfonamides is 1. The second kappa shape index (κ2) is 7.32. The third-order valence-corrected chi connectivity index (χ3v) is 8.53. The van der Waals surface area contributed by atoms with Crippen LogP contribution in [0.15, 0.2) is 47.6 Å². The minimum atomic E-state index is -3.70. The number of pyridine rings is 1. The Kier molecular flexibility index (Phi) is 4.72. The number of benzene rings is 1. The van der Waals surface area contributed by atoms with E-state index in [9.17, 15) is 18.1 Å². The predicted octanol–water partition coefficient (Wildman–Crippen LogP) is 3.11. The molecule has 5 rings (SSSR count). The minimum Gasteiger partial charge on any atom is -0.370 e. The first kappa shape index (κ1) is 20.0. The zero-order chi connectivity index (χ0) is 21.8. The number of nitrogens with one attached hydrogen (secondary N) is 1. The number of H-pyrrole nitrogens is 1. The summed E-state index contributed by atoms with van der Waals surface area (Å²) in [6, 6.07) is 9.57. The Morgan fingerprint density at radius 3 is 2.68 bits per heavy atom. The fourth-order valence-electron chi connectivity index (χ4n) is 5.15. The van der Waals surface area contributed by atoms with Crippen molar-refractivity contribution in [2.45, 2.75) is 23.8 Å². The molecule has 0 amide bonds. The number of halogens is 1. The van der Waals surface area contributed by atoms with E-state index in [4.69, 9.17) is 0 Å². The topological polar surface area (TPSA) is 93.1 Å². The molecule has 160 valence electrons. The van der Waals surface area contributed by atoms with Crippen LogP contribution in [0.1, 0.15) is 18.4 Å². The summed E-state index contributed by atoms with van der Waals surface area (Å²) < 4.78 is 41.0. The number of rotatable bonds is 4. The molecule has 3 heterocycles. The van der Waals surface area contributed by atoms with E-state index < -0.39 is 15.8 Å². The number of fused-ring (bicyclic) bond motifs is 2. The van der Waals surface area contributed by atoms with E-state index in [1.165, 1.54) is 22.5 Å². The van der Waals surface area contributed by atoms with Crippen molar-refractivity contribution >= 4 is 26.7 Å². The quantitative estimate of drug-likeness (QED) is 0.674. The average Bonchev–Trinajstić information content (AvgIpc) is 3.47. The number of hydrogen-bond acceptors (Lipinski definition) is 5. The molecule has 1 aliphatic heterocycles. The highest BCUT2D eigenvalue weighted by Gasteiger charge is 2.46. The van der Waals surface area contributed by atoms with Gasteiger partial charge in [0, 0.05) is 44.0 Å². The molecule has 1 N–H and O–H groups in total. The third kappa shape index (κ3) is 3.27. The Balaban J connectivity index is 1.35. The molecule has 1 saturated heterocycles. The van der Waals surface area contributed by atoms with Crippen LogP contribution in [-0.4, -0.2) is 48.9 Å². The van der Waals surface area contributed by atoms with Gasteiger partial charge in [-0.25, -0.2) is 17.8 Å². The lowest BCUT2D eigenvalue weighted by molar-refractivity contribution is 0.432. The van der Waals surface area contributed by atoms with E-state index in [0.717, 1.165) is 35.6 Å². The lowest BCUT2D eigenvalue weighted by Gasteiger charge is -2.29. The maximum atomic E-state index is 13.5. The molecule has 1 aromatic carbocycles. The van der Waals surface area contributed by atoms with E-state index in [1.807, 2.05) is 19.3 Å². The molecule has 2 aliphatic rings. The van der Waals surface area contributed by atoms with Crippen molar-refractivity contribution in [2.75, 3.05) is 25.0 Å². The first-order valence-electron chi connectivity index (χ1n) is 10.2. The van der Waals surface area contributed by atoms with E-state index in [1.54, 1.807) is 6.20 Å². The predicted molar refractivity (Wildman–Crippen MR) is 114 cm³/mol. The van der Waals surface area contributed by atoms with Gasteiger partial charge in [-0.05, 0) is 48.9 Å². The van der Waals surface area contributed by atoms with Gasteiger partial charge in [0.1, 0.15) is 17.5 Å². The van der Waals surface area contributed by atoms with Gasteiger partial charge in [0.25, 0.3) is 0 Å². The fraction of sp³-hybridized carbons (Fsp3) is 0.364. The number of anilines is 1. The molecule has 31 heavy (non-hydrogen) atoms. The summed E-state index contributed by atoms with van der Waals surface area (Å²) in [6.07, 6.45) is 5.09. The molecular weight excluding hydrogens is 417 g/mol. The first-order valence-corrected chi connectivity index (χ1v) is 11.7. The molecule has 0 unspecified atom stereocenters. The van der Waals surface area contributed by atoms with Crippen LogP contribution in [0.3, 0.4) is 0 Å². The van der Waals surface area contributed by atoms with Crippen molar-refractivity contribution in [1.82, 2.24) is 14.3 Å². The SMILES string of the molecule is CN(c1c(C#N)cnc2[nH]ccc12)[C@@H]1C[C@@H]2CN(S(=O)(=O)c3cccc(F)c3)C[C@@H]2C1. The Hall–Kier alpha value is -2.96. The van der Waals surface area contributed by atoms with Gasteiger partial charge < -0.3 is 9.88 Å². The Morgan fingerprint density at radius 2 is 2.00 bits per heavy atom. The molecule has 1 saturated carbocycles. The lowest BCUT2D eigenvalue weighted by atomic mass is 10.0. The molecular formula is C22H22FN5O2S. The van der Waals surface area contributed by atoms with Gasteiger partial charge in [0.05, 0.1) is 16.1 Å². The zero-order valence-corrected chi connectivity index (χ0v) is 17.8. The Labute approximate surface area is 180 Å². The van der Waals surface area contributed by atoms with Crippen LogP contribution < -0.4 is 4.90 Å². The molecule has 0 radical (unpaired) electrons. The Morgan fingerprint density at radius 1 is 1.26 bits per heavy atom. The minimum absolute atomic E-state index is 0.00596. The van der Waals surface area contributed by atoms with Gasteiger partial charge in [-0.2, -0.15) is 9.57 Å². The van der Waals surface area contributed by atoms with Crippen molar-refractivity contribution < 1.29 is 12.8 Å². The van der Waals surface area contributed by atoms with Crippen molar-refractivity contribution in [3.63, 3.8) is 0 Å². The summed E-state index contributed by atoms with van der Waals surface area (Å²) >= 11 is 0. The molecule has 3 aromatic rings. The van der Waals surface area contributed by atoms with Crippen molar-refractivity contribution in [1.29, 1.82) is 5.26 Å². The Bertz CT molecular complexity index is 1280. The number of nitriles is 1. The van der Waals surface area contributed by atoms with E-state index in [0.29, 0.717) is 18.7 Å². The van der Waals surface area contributed by atoms with Crippen LogP contribution in [0.2, 0.25) is 0 Å². The van der Waals surface area contributed by atoms with Gasteiger partial charge >= 0.3 is 0 Å². The van der Waals surface area contributed by atoms with Crippen LogP contribution in [0.5, 0.6) is 0 Å². The monoisotopic (exact) mass is 439 g/mol. The molecule has 2 fully saturated rings. The smallest absolute Gasteiger partial charge is 0.243 e.